The number of amides is 1. The average Bonchev–Trinajstić information content (AvgIpc) is 2.80. The number of hydrogen-bond donors (Lipinski definition) is 2. The van der Waals surface area contributed by atoms with Crippen LogP contribution in [0.1, 0.15) is 5.69 Å². The zero-order chi connectivity index (χ0) is 15.4. The Bertz CT molecular complexity index is 677. The van der Waals surface area contributed by atoms with Gasteiger partial charge >= 0.3 is 11.9 Å². The molecule has 21 heavy (non-hydrogen) atoms. The molecule has 0 fully saturated rings. The van der Waals surface area contributed by atoms with Crippen LogP contribution in [0.2, 0.25) is 0 Å². The van der Waals surface area contributed by atoms with E-state index in [4.69, 9.17) is 14.7 Å². The molecule has 1 amide bonds. The van der Waals surface area contributed by atoms with Crippen molar-refractivity contribution in [2.24, 2.45) is 0 Å². The zero-order valence-electron chi connectivity index (χ0n) is 10.9. The highest BCUT2D eigenvalue weighted by molar-refractivity contribution is 5.89. The van der Waals surface area contributed by atoms with E-state index in [1.165, 1.54) is 0 Å². The number of para-hydroxylation sites is 1. The van der Waals surface area contributed by atoms with E-state index in [0.717, 1.165) is 4.90 Å². The van der Waals surface area contributed by atoms with Crippen molar-refractivity contribution >= 4 is 28.8 Å². The van der Waals surface area contributed by atoms with Crippen molar-refractivity contribution in [3.05, 3.63) is 30.0 Å². The van der Waals surface area contributed by atoms with Gasteiger partial charge < -0.3 is 19.6 Å². The Hall–Kier alpha value is -2.90. The quantitative estimate of drug-likeness (QED) is 0.788. The van der Waals surface area contributed by atoms with Gasteiger partial charge in [-0.3, -0.25) is 14.4 Å². The molecule has 8 nitrogen and oxygen atoms in total. The van der Waals surface area contributed by atoms with Gasteiger partial charge in [0.05, 0.1) is 6.42 Å². The molecule has 0 bridgehead atoms. The van der Waals surface area contributed by atoms with Gasteiger partial charge in [-0.15, -0.1) is 0 Å². The third-order valence-electron chi connectivity index (χ3n) is 2.78. The van der Waals surface area contributed by atoms with Crippen molar-refractivity contribution < 1.29 is 29.1 Å². The molecule has 8 heteroatoms. The Labute approximate surface area is 118 Å². The standard InChI is InChI=1S/C13H12N2O6/c16-11(15(6-12(17)18)7-13(19)20)5-9-8-3-1-2-4-10(8)21-14-9/h1-4H,5-7H2,(H,17,18)(H,19,20). The Kier molecular flexibility index (Phi) is 4.17. The SMILES string of the molecule is O=C(O)CN(CC(=O)O)C(=O)Cc1noc2ccccc12. The molecule has 1 aromatic carbocycles. The van der Waals surface area contributed by atoms with Crippen LogP contribution < -0.4 is 0 Å². The molecule has 0 radical (unpaired) electrons. The summed E-state index contributed by atoms with van der Waals surface area (Å²) < 4.78 is 5.04. The summed E-state index contributed by atoms with van der Waals surface area (Å²) in [7, 11) is 0. The fourth-order valence-electron chi connectivity index (χ4n) is 1.88. The molecule has 0 aliphatic carbocycles. The van der Waals surface area contributed by atoms with Gasteiger partial charge in [-0.05, 0) is 12.1 Å². The fraction of sp³-hybridized carbons (Fsp3) is 0.231. The first-order chi connectivity index (χ1) is 9.97. The third kappa shape index (κ3) is 3.56. The topological polar surface area (TPSA) is 121 Å². The number of aliphatic carboxylic acids is 2. The van der Waals surface area contributed by atoms with E-state index in [1.807, 2.05) is 0 Å². The Morgan fingerprint density at radius 2 is 1.71 bits per heavy atom. The molecule has 2 rings (SSSR count). The van der Waals surface area contributed by atoms with Crippen LogP contribution in [0.3, 0.4) is 0 Å². The summed E-state index contributed by atoms with van der Waals surface area (Å²) in [5.41, 5.74) is 0.847. The smallest absolute Gasteiger partial charge is 0.323 e. The lowest BCUT2D eigenvalue weighted by Gasteiger charge is -2.17. The van der Waals surface area contributed by atoms with Gasteiger partial charge in [0.1, 0.15) is 18.8 Å². The van der Waals surface area contributed by atoms with Crippen LogP contribution in [0.4, 0.5) is 0 Å². The summed E-state index contributed by atoms with van der Waals surface area (Å²) in [5, 5.41) is 21.8. The monoisotopic (exact) mass is 292 g/mol. The second kappa shape index (κ2) is 6.04. The molecule has 0 saturated carbocycles. The lowest BCUT2D eigenvalue weighted by atomic mass is 10.1. The molecule has 1 heterocycles. The summed E-state index contributed by atoms with van der Waals surface area (Å²) in [5.74, 6) is -3.21. The maximum Gasteiger partial charge on any atom is 0.323 e. The Balaban J connectivity index is 2.17. The number of hydrogen-bond acceptors (Lipinski definition) is 5. The van der Waals surface area contributed by atoms with Crippen LogP contribution in [-0.4, -0.2) is 51.2 Å². The molecule has 0 spiro atoms. The summed E-state index contributed by atoms with van der Waals surface area (Å²) >= 11 is 0. The van der Waals surface area contributed by atoms with E-state index in [-0.39, 0.29) is 6.42 Å². The van der Waals surface area contributed by atoms with Crippen molar-refractivity contribution in [2.75, 3.05) is 13.1 Å². The molecule has 0 saturated heterocycles. The number of fused-ring (bicyclic) bond motifs is 1. The van der Waals surface area contributed by atoms with Crippen molar-refractivity contribution in [2.45, 2.75) is 6.42 Å². The van der Waals surface area contributed by atoms with Crippen LogP contribution in [0.5, 0.6) is 0 Å². The van der Waals surface area contributed by atoms with Gasteiger partial charge in [-0.2, -0.15) is 0 Å². The minimum absolute atomic E-state index is 0.225. The van der Waals surface area contributed by atoms with Gasteiger partial charge in [0.2, 0.25) is 5.91 Å². The molecule has 0 aliphatic rings. The molecule has 0 atom stereocenters. The number of carbonyl (C=O) groups is 3. The Morgan fingerprint density at radius 1 is 1.10 bits per heavy atom. The number of benzene rings is 1. The first kappa shape index (κ1) is 14.5. The highest BCUT2D eigenvalue weighted by Gasteiger charge is 2.22. The van der Waals surface area contributed by atoms with E-state index in [1.54, 1.807) is 24.3 Å². The number of carboxylic acids is 2. The molecule has 2 N–H and O–H groups in total. The van der Waals surface area contributed by atoms with Crippen molar-refractivity contribution in [3.63, 3.8) is 0 Å². The molecule has 2 aromatic rings. The fourth-order valence-corrected chi connectivity index (χ4v) is 1.88. The van der Waals surface area contributed by atoms with E-state index in [9.17, 15) is 14.4 Å². The van der Waals surface area contributed by atoms with Crippen LogP contribution in [0.25, 0.3) is 11.0 Å². The summed E-state index contributed by atoms with van der Waals surface area (Å²) in [6.45, 7) is -1.36. The van der Waals surface area contributed by atoms with Crippen molar-refractivity contribution in [1.29, 1.82) is 0 Å². The number of aromatic nitrogens is 1. The second-order valence-corrected chi connectivity index (χ2v) is 4.34. The van der Waals surface area contributed by atoms with Crippen molar-refractivity contribution in [3.8, 4) is 0 Å². The molecule has 0 unspecified atom stereocenters. The van der Waals surface area contributed by atoms with Gasteiger partial charge in [0.25, 0.3) is 0 Å². The Morgan fingerprint density at radius 3 is 2.33 bits per heavy atom. The number of nitrogens with zero attached hydrogens (tertiary/aromatic N) is 2. The molecular weight excluding hydrogens is 280 g/mol. The minimum atomic E-state index is -1.28. The second-order valence-electron chi connectivity index (χ2n) is 4.34. The maximum atomic E-state index is 12.0. The number of rotatable bonds is 6. The number of carboxylic acid groups (broad SMARTS) is 2. The molecule has 0 aliphatic heterocycles. The number of carbonyl (C=O) groups excluding carboxylic acids is 1. The van der Waals surface area contributed by atoms with Crippen molar-refractivity contribution in [1.82, 2.24) is 10.1 Å². The van der Waals surface area contributed by atoms with E-state index >= 15 is 0 Å². The summed E-state index contributed by atoms with van der Waals surface area (Å²) in [4.78, 5) is 34.2. The van der Waals surface area contributed by atoms with Gasteiger partial charge in [-0.25, -0.2) is 0 Å². The van der Waals surface area contributed by atoms with Crippen LogP contribution in [0.15, 0.2) is 28.8 Å². The zero-order valence-corrected chi connectivity index (χ0v) is 10.9. The highest BCUT2D eigenvalue weighted by Crippen LogP contribution is 2.18. The first-order valence-electron chi connectivity index (χ1n) is 6.02. The average molecular weight is 292 g/mol. The van der Waals surface area contributed by atoms with Gasteiger partial charge in [-0.1, -0.05) is 17.3 Å². The van der Waals surface area contributed by atoms with E-state index in [0.29, 0.717) is 16.7 Å². The lowest BCUT2D eigenvalue weighted by Crippen LogP contribution is -2.40. The van der Waals surface area contributed by atoms with Gasteiger partial charge in [0.15, 0.2) is 5.58 Å². The molecule has 1 aromatic heterocycles. The summed E-state index contributed by atoms with van der Waals surface area (Å²) in [6.07, 6.45) is -0.225. The maximum absolute atomic E-state index is 12.0. The third-order valence-corrected chi connectivity index (χ3v) is 2.78. The van der Waals surface area contributed by atoms with Crippen LogP contribution >= 0.6 is 0 Å². The predicted octanol–water partition coefficient (Wildman–Crippen LogP) is 0.368. The van der Waals surface area contributed by atoms with Crippen LogP contribution in [0, 0.1) is 0 Å². The first-order valence-corrected chi connectivity index (χ1v) is 6.02. The van der Waals surface area contributed by atoms with Crippen LogP contribution in [-0.2, 0) is 20.8 Å². The van der Waals surface area contributed by atoms with Gasteiger partial charge in [0, 0.05) is 5.39 Å². The minimum Gasteiger partial charge on any atom is -0.480 e. The van der Waals surface area contributed by atoms with E-state index < -0.39 is 30.9 Å². The summed E-state index contributed by atoms with van der Waals surface area (Å²) in [6, 6.07) is 6.90. The lowest BCUT2D eigenvalue weighted by molar-refractivity contribution is -0.149. The highest BCUT2D eigenvalue weighted by atomic mass is 16.5. The predicted molar refractivity (Wildman–Crippen MR) is 69.6 cm³/mol. The van der Waals surface area contributed by atoms with E-state index in [2.05, 4.69) is 5.16 Å². The molecule has 110 valence electrons. The largest absolute Gasteiger partial charge is 0.480 e. The molecular formula is C13H12N2O6. The normalized spacial score (nSPS) is 10.5.